The average Bonchev–Trinajstić information content (AvgIpc) is 3.34. The number of halogens is 3. The highest BCUT2D eigenvalue weighted by molar-refractivity contribution is 7.99. The number of nitrogens with zero attached hydrogens (tertiary/aromatic N) is 1. The number of benzene rings is 3. The van der Waals surface area contributed by atoms with Crippen LogP contribution in [0.25, 0.3) is 11.1 Å². The number of pyridine rings is 1. The standard InChI is InChI=1S/C30H27F3N2O3S/c1-17-22(13-23-24(31)6-4-7-25(23)32)30-35(29(37)27(17)21-5-3-8-26(38-2)28(21)33)19(16-39-30)15-34-14-18-9-11-20(36)12-10-18/h3-12,19,34,36H,13-16H2,1-2H3. The number of aromatic nitrogens is 1. The van der Waals surface area contributed by atoms with E-state index in [9.17, 15) is 18.7 Å². The van der Waals surface area contributed by atoms with Crippen LogP contribution < -0.4 is 15.6 Å². The molecule has 0 saturated heterocycles. The summed E-state index contributed by atoms with van der Waals surface area (Å²) in [5, 5.41) is 13.5. The number of phenolic OH excluding ortho intramolecular Hbond substituents is 1. The van der Waals surface area contributed by atoms with Crippen LogP contribution in [-0.4, -0.2) is 29.1 Å². The van der Waals surface area contributed by atoms with Gasteiger partial charge >= 0.3 is 0 Å². The van der Waals surface area contributed by atoms with E-state index in [1.807, 2.05) is 0 Å². The molecule has 5 rings (SSSR count). The Hall–Kier alpha value is -3.69. The first kappa shape index (κ1) is 26.9. The van der Waals surface area contributed by atoms with Crippen LogP contribution in [-0.2, 0) is 13.0 Å². The van der Waals surface area contributed by atoms with Crippen molar-refractivity contribution in [3.8, 4) is 22.6 Å². The number of thioether (sulfide) groups is 1. The molecule has 9 heteroatoms. The Balaban J connectivity index is 1.60. The van der Waals surface area contributed by atoms with Crippen LogP contribution in [0.2, 0.25) is 0 Å². The molecule has 1 aliphatic heterocycles. The number of methoxy groups -OCH3 is 1. The van der Waals surface area contributed by atoms with Crippen molar-refractivity contribution in [2.75, 3.05) is 19.4 Å². The minimum Gasteiger partial charge on any atom is -0.508 e. The van der Waals surface area contributed by atoms with Crippen molar-refractivity contribution < 1.29 is 23.0 Å². The van der Waals surface area contributed by atoms with E-state index in [1.54, 1.807) is 41.8 Å². The third-order valence-corrected chi connectivity index (χ3v) is 8.30. The van der Waals surface area contributed by atoms with Gasteiger partial charge in [-0.15, -0.1) is 11.8 Å². The number of hydrogen-bond donors (Lipinski definition) is 2. The summed E-state index contributed by atoms with van der Waals surface area (Å²) in [4.78, 5) is 14.0. The highest BCUT2D eigenvalue weighted by Gasteiger charge is 2.32. The third kappa shape index (κ3) is 5.16. The van der Waals surface area contributed by atoms with E-state index in [-0.39, 0.29) is 46.2 Å². The van der Waals surface area contributed by atoms with Gasteiger partial charge in [0.25, 0.3) is 5.56 Å². The maximum atomic E-state index is 15.4. The van der Waals surface area contributed by atoms with Gasteiger partial charge in [0.15, 0.2) is 11.6 Å². The molecule has 0 bridgehead atoms. The molecule has 0 fully saturated rings. The van der Waals surface area contributed by atoms with Crippen molar-refractivity contribution in [3.05, 3.63) is 111 Å². The minimum absolute atomic E-state index is 0.0000127. The van der Waals surface area contributed by atoms with E-state index < -0.39 is 17.5 Å². The Morgan fingerprint density at radius 3 is 2.41 bits per heavy atom. The molecule has 1 aliphatic rings. The molecule has 1 atom stereocenters. The second-order valence-corrected chi connectivity index (χ2v) is 10.4. The molecule has 0 aliphatic carbocycles. The van der Waals surface area contributed by atoms with Crippen molar-refractivity contribution in [3.63, 3.8) is 0 Å². The lowest BCUT2D eigenvalue weighted by atomic mass is 9.94. The highest BCUT2D eigenvalue weighted by Crippen LogP contribution is 2.40. The van der Waals surface area contributed by atoms with E-state index in [0.717, 1.165) is 5.56 Å². The van der Waals surface area contributed by atoms with Gasteiger partial charge in [-0.2, -0.15) is 0 Å². The molecule has 4 aromatic rings. The number of phenols is 1. The van der Waals surface area contributed by atoms with Gasteiger partial charge in [-0.3, -0.25) is 9.36 Å². The lowest BCUT2D eigenvalue weighted by Gasteiger charge is -2.21. The molecule has 0 amide bonds. The molecule has 0 radical (unpaired) electrons. The maximum Gasteiger partial charge on any atom is 0.260 e. The predicted octanol–water partition coefficient (Wildman–Crippen LogP) is 5.98. The third-order valence-electron chi connectivity index (χ3n) is 7.03. The maximum absolute atomic E-state index is 15.4. The number of nitrogens with one attached hydrogen (secondary N) is 1. The minimum atomic E-state index is -0.677. The number of ether oxygens (including phenoxy) is 1. The van der Waals surface area contributed by atoms with E-state index in [4.69, 9.17) is 4.74 Å². The van der Waals surface area contributed by atoms with Crippen molar-refractivity contribution in [1.82, 2.24) is 9.88 Å². The Labute approximate surface area is 228 Å². The zero-order chi connectivity index (χ0) is 27.7. The van der Waals surface area contributed by atoms with Crippen molar-refractivity contribution in [1.29, 1.82) is 0 Å². The summed E-state index contributed by atoms with van der Waals surface area (Å²) in [5.74, 6) is -1.28. The number of aromatic hydroxyl groups is 1. The van der Waals surface area contributed by atoms with Gasteiger partial charge in [-0.05, 0) is 53.9 Å². The summed E-state index contributed by atoms with van der Waals surface area (Å²) in [5.41, 5.74) is 1.78. The highest BCUT2D eigenvalue weighted by atomic mass is 32.2. The predicted molar refractivity (Wildman–Crippen MR) is 146 cm³/mol. The molecule has 39 heavy (non-hydrogen) atoms. The lowest BCUT2D eigenvalue weighted by Crippen LogP contribution is -2.33. The van der Waals surface area contributed by atoms with Crippen LogP contribution in [0.4, 0.5) is 13.2 Å². The van der Waals surface area contributed by atoms with Gasteiger partial charge in [0.2, 0.25) is 0 Å². The van der Waals surface area contributed by atoms with E-state index in [0.29, 0.717) is 35.0 Å². The van der Waals surface area contributed by atoms with Gasteiger partial charge in [0, 0.05) is 36.4 Å². The Morgan fingerprint density at radius 1 is 1.03 bits per heavy atom. The van der Waals surface area contributed by atoms with Crippen LogP contribution in [0.15, 0.2) is 70.5 Å². The van der Waals surface area contributed by atoms with Gasteiger partial charge in [-0.25, -0.2) is 13.2 Å². The van der Waals surface area contributed by atoms with Crippen molar-refractivity contribution in [2.24, 2.45) is 0 Å². The molecule has 3 aromatic carbocycles. The Bertz CT molecular complexity index is 1570. The van der Waals surface area contributed by atoms with Gasteiger partial charge in [0.1, 0.15) is 17.4 Å². The summed E-state index contributed by atoms with van der Waals surface area (Å²) in [6, 6.07) is 14.9. The molecule has 1 aromatic heterocycles. The Kier molecular flexibility index (Phi) is 7.72. The molecule has 202 valence electrons. The van der Waals surface area contributed by atoms with E-state index in [1.165, 1.54) is 49.2 Å². The van der Waals surface area contributed by atoms with Gasteiger partial charge < -0.3 is 15.2 Å². The molecule has 1 unspecified atom stereocenters. The SMILES string of the molecule is COc1cccc(-c2c(C)c(Cc3c(F)cccc3F)c3n(c2=O)C(CNCc2ccc(O)cc2)CS3)c1F. The smallest absolute Gasteiger partial charge is 0.260 e. The second-order valence-electron chi connectivity index (χ2n) is 9.42. The normalized spacial score (nSPS) is 14.4. The lowest BCUT2D eigenvalue weighted by molar-refractivity contribution is 0.387. The molecule has 5 nitrogen and oxygen atoms in total. The van der Waals surface area contributed by atoms with Crippen LogP contribution in [0.3, 0.4) is 0 Å². The fourth-order valence-electron chi connectivity index (χ4n) is 4.98. The first-order valence-corrected chi connectivity index (χ1v) is 13.4. The van der Waals surface area contributed by atoms with Crippen LogP contribution in [0.5, 0.6) is 11.5 Å². The first-order chi connectivity index (χ1) is 18.8. The second kappa shape index (κ2) is 11.2. The van der Waals surface area contributed by atoms with E-state index >= 15 is 4.39 Å². The summed E-state index contributed by atoms with van der Waals surface area (Å²) in [7, 11) is 1.35. The molecular formula is C30H27F3N2O3S. The summed E-state index contributed by atoms with van der Waals surface area (Å²) in [6.45, 7) is 2.65. The fourth-order valence-corrected chi connectivity index (χ4v) is 6.37. The van der Waals surface area contributed by atoms with Crippen LogP contribution in [0.1, 0.15) is 28.3 Å². The largest absolute Gasteiger partial charge is 0.508 e. The summed E-state index contributed by atoms with van der Waals surface area (Å²) >= 11 is 1.45. The molecule has 0 saturated carbocycles. The first-order valence-electron chi connectivity index (χ1n) is 12.4. The van der Waals surface area contributed by atoms with E-state index in [2.05, 4.69) is 5.32 Å². The van der Waals surface area contributed by atoms with Crippen molar-refractivity contribution >= 4 is 11.8 Å². The number of fused-ring (bicyclic) bond motifs is 1. The van der Waals surface area contributed by atoms with Crippen molar-refractivity contribution in [2.45, 2.75) is 31.0 Å². The monoisotopic (exact) mass is 552 g/mol. The summed E-state index contributed by atoms with van der Waals surface area (Å²) < 4.78 is 51.6. The fraction of sp³-hybridized carbons (Fsp3) is 0.233. The van der Waals surface area contributed by atoms with Crippen LogP contribution in [0, 0.1) is 24.4 Å². The van der Waals surface area contributed by atoms with Gasteiger partial charge in [-0.1, -0.05) is 30.3 Å². The summed E-state index contributed by atoms with van der Waals surface area (Å²) in [6.07, 6.45) is -0.0841. The van der Waals surface area contributed by atoms with Crippen LogP contribution >= 0.6 is 11.8 Å². The number of rotatable bonds is 8. The topological polar surface area (TPSA) is 63.5 Å². The zero-order valence-corrected chi connectivity index (χ0v) is 22.2. The quantitative estimate of drug-likeness (QED) is 0.282. The average molecular weight is 553 g/mol. The molecule has 2 heterocycles. The molecular weight excluding hydrogens is 525 g/mol. The molecule has 2 N–H and O–H groups in total. The zero-order valence-electron chi connectivity index (χ0n) is 21.4. The number of hydrogen-bond acceptors (Lipinski definition) is 5. The van der Waals surface area contributed by atoms with Gasteiger partial charge in [0.05, 0.1) is 23.7 Å². The Morgan fingerprint density at radius 2 is 1.72 bits per heavy atom. The molecule has 0 spiro atoms.